The Morgan fingerprint density at radius 1 is 1.33 bits per heavy atom. The molecule has 0 aliphatic heterocycles. The predicted molar refractivity (Wildman–Crippen MR) is 65.5 cm³/mol. The summed E-state index contributed by atoms with van der Waals surface area (Å²) in [6.07, 6.45) is 2.10. The number of aryl methyl sites for hydroxylation is 1. The molecule has 0 saturated carbocycles. The SMILES string of the molecule is CCCNC(C)C(C)c1nc(CC)ns1. The van der Waals surface area contributed by atoms with Gasteiger partial charge in [-0.05, 0) is 31.4 Å². The molecule has 0 radical (unpaired) electrons. The van der Waals surface area contributed by atoms with Crippen LogP contribution in [0, 0.1) is 0 Å². The van der Waals surface area contributed by atoms with Crippen LogP contribution in [0.3, 0.4) is 0 Å². The van der Waals surface area contributed by atoms with Gasteiger partial charge in [-0.2, -0.15) is 4.37 Å². The van der Waals surface area contributed by atoms with Crippen molar-refractivity contribution in [2.45, 2.75) is 52.5 Å². The highest BCUT2D eigenvalue weighted by atomic mass is 32.1. The first-order valence-corrected chi connectivity index (χ1v) is 6.52. The van der Waals surface area contributed by atoms with Gasteiger partial charge in [-0.15, -0.1) is 0 Å². The summed E-state index contributed by atoms with van der Waals surface area (Å²) in [6, 6.07) is 0.475. The van der Waals surface area contributed by atoms with E-state index in [2.05, 4.69) is 42.4 Å². The van der Waals surface area contributed by atoms with Crippen LogP contribution < -0.4 is 5.32 Å². The molecular formula is C11H21N3S. The Labute approximate surface area is 96.5 Å². The summed E-state index contributed by atoms with van der Waals surface area (Å²) in [6.45, 7) is 9.78. The third kappa shape index (κ3) is 3.54. The Bertz CT molecular complexity index is 285. The normalized spacial score (nSPS) is 15.2. The van der Waals surface area contributed by atoms with Gasteiger partial charge in [0.15, 0.2) is 0 Å². The monoisotopic (exact) mass is 227 g/mol. The molecule has 0 fully saturated rings. The maximum Gasteiger partial charge on any atom is 0.142 e. The fourth-order valence-corrected chi connectivity index (χ4v) is 2.24. The highest BCUT2D eigenvalue weighted by molar-refractivity contribution is 7.05. The zero-order valence-corrected chi connectivity index (χ0v) is 10.9. The van der Waals surface area contributed by atoms with Gasteiger partial charge in [0, 0.05) is 18.4 Å². The van der Waals surface area contributed by atoms with Crippen LogP contribution in [-0.4, -0.2) is 21.9 Å². The summed E-state index contributed by atoms with van der Waals surface area (Å²) in [5, 5.41) is 4.65. The molecule has 0 spiro atoms. The van der Waals surface area contributed by atoms with E-state index in [1.165, 1.54) is 6.42 Å². The lowest BCUT2D eigenvalue weighted by Gasteiger charge is -2.18. The van der Waals surface area contributed by atoms with Crippen molar-refractivity contribution in [1.82, 2.24) is 14.7 Å². The average Bonchev–Trinajstić information content (AvgIpc) is 2.73. The van der Waals surface area contributed by atoms with Gasteiger partial charge in [-0.3, -0.25) is 0 Å². The van der Waals surface area contributed by atoms with E-state index in [0.29, 0.717) is 12.0 Å². The van der Waals surface area contributed by atoms with Crippen LogP contribution in [0.2, 0.25) is 0 Å². The van der Waals surface area contributed by atoms with E-state index in [0.717, 1.165) is 23.8 Å². The van der Waals surface area contributed by atoms with E-state index in [9.17, 15) is 0 Å². The minimum atomic E-state index is 0.453. The molecule has 1 aromatic rings. The highest BCUT2D eigenvalue weighted by Crippen LogP contribution is 2.21. The summed E-state index contributed by atoms with van der Waals surface area (Å²) in [4.78, 5) is 4.53. The Hall–Kier alpha value is -0.480. The van der Waals surface area contributed by atoms with Crippen molar-refractivity contribution in [3.05, 3.63) is 10.8 Å². The lowest BCUT2D eigenvalue weighted by atomic mass is 10.0. The van der Waals surface area contributed by atoms with Gasteiger partial charge in [0.05, 0.1) is 0 Å². The first-order valence-electron chi connectivity index (χ1n) is 5.74. The van der Waals surface area contributed by atoms with Crippen molar-refractivity contribution in [3.63, 3.8) is 0 Å². The molecule has 1 aromatic heterocycles. The van der Waals surface area contributed by atoms with Crippen molar-refractivity contribution >= 4 is 11.5 Å². The van der Waals surface area contributed by atoms with Gasteiger partial charge in [0.2, 0.25) is 0 Å². The molecule has 1 rings (SSSR count). The topological polar surface area (TPSA) is 37.8 Å². The molecule has 0 aliphatic carbocycles. The fourth-order valence-electron chi connectivity index (χ4n) is 1.36. The van der Waals surface area contributed by atoms with Gasteiger partial charge >= 0.3 is 0 Å². The minimum absolute atomic E-state index is 0.453. The number of aromatic nitrogens is 2. The maximum absolute atomic E-state index is 4.53. The summed E-state index contributed by atoms with van der Waals surface area (Å²) in [7, 11) is 0. The largest absolute Gasteiger partial charge is 0.314 e. The third-order valence-electron chi connectivity index (χ3n) is 2.66. The molecule has 0 bridgehead atoms. The van der Waals surface area contributed by atoms with Gasteiger partial charge in [0.1, 0.15) is 10.8 Å². The number of hydrogen-bond acceptors (Lipinski definition) is 4. The van der Waals surface area contributed by atoms with Crippen LogP contribution in [0.1, 0.15) is 50.9 Å². The Morgan fingerprint density at radius 2 is 2.07 bits per heavy atom. The van der Waals surface area contributed by atoms with Crippen molar-refractivity contribution in [3.8, 4) is 0 Å². The second-order valence-corrected chi connectivity index (χ2v) is 4.72. The first kappa shape index (κ1) is 12.6. The van der Waals surface area contributed by atoms with Crippen LogP contribution in [-0.2, 0) is 6.42 Å². The molecule has 1 N–H and O–H groups in total. The molecule has 3 nitrogen and oxygen atoms in total. The second-order valence-electron chi connectivity index (χ2n) is 3.93. The number of hydrogen-bond donors (Lipinski definition) is 1. The lowest BCUT2D eigenvalue weighted by molar-refractivity contribution is 0.479. The molecule has 1 heterocycles. The van der Waals surface area contributed by atoms with Gasteiger partial charge < -0.3 is 5.32 Å². The summed E-state index contributed by atoms with van der Waals surface area (Å²) in [5.41, 5.74) is 0. The second kappa shape index (κ2) is 6.18. The average molecular weight is 227 g/mol. The minimum Gasteiger partial charge on any atom is -0.314 e. The smallest absolute Gasteiger partial charge is 0.142 e. The van der Waals surface area contributed by atoms with E-state index in [1.807, 2.05) is 0 Å². The molecular weight excluding hydrogens is 206 g/mol. The Morgan fingerprint density at radius 3 is 2.60 bits per heavy atom. The van der Waals surface area contributed by atoms with E-state index in [1.54, 1.807) is 11.5 Å². The van der Waals surface area contributed by atoms with Crippen LogP contribution in [0.25, 0.3) is 0 Å². The Balaban J connectivity index is 2.54. The highest BCUT2D eigenvalue weighted by Gasteiger charge is 2.17. The molecule has 0 saturated heterocycles. The zero-order chi connectivity index (χ0) is 11.3. The third-order valence-corrected chi connectivity index (χ3v) is 3.61. The van der Waals surface area contributed by atoms with E-state index >= 15 is 0 Å². The fraction of sp³-hybridized carbons (Fsp3) is 0.818. The summed E-state index contributed by atoms with van der Waals surface area (Å²) < 4.78 is 4.32. The number of nitrogens with one attached hydrogen (secondary N) is 1. The molecule has 0 amide bonds. The van der Waals surface area contributed by atoms with Gasteiger partial charge in [0.25, 0.3) is 0 Å². The lowest BCUT2D eigenvalue weighted by Crippen LogP contribution is -2.31. The molecule has 2 unspecified atom stereocenters. The molecule has 86 valence electrons. The molecule has 15 heavy (non-hydrogen) atoms. The first-order chi connectivity index (χ1) is 7.19. The van der Waals surface area contributed by atoms with Crippen LogP contribution >= 0.6 is 11.5 Å². The molecule has 0 aliphatic rings. The predicted octanol–water partition coefficient (Wildman–Crippen LogP) is 2.59. The van der Waals surface area contributed by atoms with Gasteiger partial charge in [-0.1, -0.05) is 20.8 Å². The van der Waals surface area contributed by atoms with Crippen LogP contribution in [0.4, 0.5) is 0 Å². The quantitative estimate of drug-likeness (QED) is 0.811. The van der Waals surface area contributed by atoms with Crippen molar-refractivity contribution in [2.24, 2.45) is 0 Å². The molecule has 0 aromatic carbocycles. The number of rotatable bonds is 6. The van der Waals surface area contributed by atoms with Crippen molar-refractivity contribution < 1.29 is 0 Å². The summed E-state index contributed by atoms with van der Waals surface area (Å²) in [5.74, 6) is 1.43. The number of nitrogens with zero attached hydrogens (tertiary/aromatic N) is 2. The van der Waals surface area contributed by atoms with E-state index < -0.39 is 0 Å². The zero-order valence-electron chi connectivity index (χ0n) is 10.1. The maximum atomic E-state index is 4.53. The van der Waals surface area contributed by atoms with Crippen LogP contribution in [0.5, 0.6) is 0 Å². The standard InChI is InChI=1S/C11H21N3S/c1-5-7-12-9(4)8(3)11-13-10(6-2)14-15-11/h8-9,12H,5-7H2,1-4H3. The van der Waals surface area contributed by atoms with Crippen molar-refractivity contribution in [1.29, 1.82) is 0 Å². The summed E-state index contributed by atoms with van der Waals surface area (Å²) >= 11 is 1.54. The van der Waals surface area contributed by atoms with Crippen molar-refractivity contribution in [2.75, 3.05) is 6.54 Å². The molecule has 2 atom stereocenters. The molecule has 4 heteroatoms. The van der Waals surface area contributed by atoms with E-state index in [4.69, 9.17) is 0 Å². The van der Waals surface area contributed by atoms with Gasteiger partial charge in [-0.25, -0.2) is 4.98 Å². The van der Waals surface area contributed by atoms with Crippen LogP contribution in [0.15, 0.2) is 0 Å². The Kier molecular flexibility index (Phi) is 5.19. The van der Waals surface area contributed by atoms with E-state index in [-0.39, 0.29) is 0 Å².